The molecule has 10 nitrogen and oxygen atoms in total. The van der Waals surface area contributed by atoms with E-state index in [1.54, 1.807) is 19.2 Å². The fraction of sp³-hybridized carbons (Fsp3) is 0.440. The van der Waals surface area contributed by atoms with Crippen LogP contribution < -0.4 is 20.5 Å². The molecule has 0 saturated carbocycles. The Bertz CT molecular complexity index is 1330. The van der Waals surface area contributed by atoms with Gasteiger partial charge in [0.15, 0.2) is 5.82 Å². The predicted molar refractivity (Wildman–Crippen MR) is 132 cm³/mol. The second-order valence-corrected chi connectivity index (χ2v) is 9.12. The molecule has 0 spiro atoms. The number of aromatic nitrogens is 4. The van der Waals surface area contributed by atoms with E-state index in [0.29, 0.717) is 17.7 Å². The van der Waals surface area contributed by atoms with Crippen LogP contribution in [0.1, 0.15) is 62.3 Å². The van der Waals surface area contributed by atoms with Crippen LogP contribution in [0.3, 0.4) is 0 Å². The quantitative estimate of drug-likeness (QED) is 0.461. The van der Waals surface area contributed by atoms with Gasteiger partial charge in [0.05, 0.1) is 18.8 Å². The maximum atomic E-state index is 15.4. The van der Waals surface area contributed by atoms with E-state index in [-0.39, 0.29) is 34.8 Å². The van der Waals surface area contributed by atoms with Gasteiger partial charge in [0.25, 0.3) is 5.91 Å². The Kier molecular flexibility index (Phi) is 7.83. The van der Waals surface area contributed by atoms with Crippen LogP contribution in [0.25, 0.3) is 5.69 Å². The van der Waals surface area contributed by atoms with Crippen LogP contribution in [-0.2, 0) is 12.6 Å². The molecule has 11 heteroatoms. The molecule has 0 radical (unpaired) electrons. The Hall–Kier alpha value is -3.73. The molecule has 1 aromatic carbocycles. The highest BCUT2D eigenvalue weighted by molar-refractivity contribution is 6.07. The zero-order valence-corrected chi connectivity index (χ0v) is 21.5. The minimum atomic E-state index is -1.44. The molecule has 3 aromatic rings. The molecule has 0 saturated heterocycles. The van der Waals surface area contributed by atoms with Gasteiger partial charge in [-0.15, -0.1) is 5.10 Å². The fourth-order valence-corrected chi connectivity index (χ4v) is 3.81. The minimum Gasteiger partial charge on any atom is -0.490 e. The van der Waals surface area contributed by atoms with Gasteiger partial charge in [-0.05, 0) is 51.8 Å². The van der Waals surface area contributed by atoms with Gasteiger partial charge in [-0.25, -0.2) is 14.2 Å². The van der Waals surface area contributed by atoms with Crippen molar-refractivity contribution < 1.29 is 23.8 Å². The SMILES string of the molecule is CCC[C@H](C)Oc1cc(-n2nc(C(C)(C)O)n(C)c2=O)c(F)cc1C(=O)Nc1c(C)ccnc1OC. The second-order valence-electron chi connectivity index (χ2n) is 9.12. The highest BCUT2D eigenvalue weighted by atomic mass is 19.1. The lowest BCUT2D eigenvalue weighted by atomic mass is 10.1. The maximum absolute atomic E-state index is 15.4. The first-order valence-corrected chi connectivity index (χ1v) is 11.6. The van der Waals surface area contributed by atoms with Crippen LogP contribution in [0.5, 0.6) is 11.6 Å². The van der Waals surface area contributed by atoms with Crippen LogP contribution in [0, 0.1) is 12.7 Å². The number of pyridine rings is 1. The summed E-state index contributed by atoms with van der Waals surface area (Å²) >= 11 is 0. The lowest BCUT2D eigenvalue weighted by Gasteiger charge is -2.19. The Balaban J connectivity index is 2.14. The monoisotopic (exact) mass is 501 g/mol. The van der Waals surface area contributed by atoms with Gasteiger partial charge in [0.1, 0.15) is 28.5 Å². The number of benzene rings is 1. The molecule has 2 N–H and O–H groups in total. The van der Waals surface area contributed by atoms with Crippen LogP contribution in [-0.4, -0.2) is 43.6 Å². The molecule has 2 aromatic heterocycles. The highest BCUT2D eigenvalue weighted by Crippen LogP contribution is 2.30. The third-order valence-corrected chi connectivity index (χ3v) is 5.63. The first kappa shape index (κ1) is 26.9. The number of nitrogens with one attached hydrogen (secondary N) is 1. The van der Waals surface area contributed by atoms with Gasteiger partial charge in [0, 0.05) is 19.3 Å². The van der Waals surface area contributed by atoms with Crippen molar-refractivity contribution in [1.82, 2.24) is 19.3 Å². The summed E-state index contributed by atoms with van der Waals surface area (Å²) < 4.78 is 28.6. The van der Waals surface area contributed by atoms with Gasteiger partial charge < -0.3 is 19.9 Å². The zero-order chi connectivity index (χ0) is 26.8. The smallest absolute Gasteiger partial charge is 0.350 e. The standard InChI is InChI=1S/C25H32FN5O5/c1-8-9-15(3)36-19-13-18(31-24(33)30(6)23(29-31)25(4,5)34)17(26)12-16(19)21(32)28-20-14(2)10-11-27-22(20)35-7/h10-13,15,34H,8-9H2,1-7H3,(H,28,32)/t15-/m0/s1. The van der Waals surface area contributed by atoms with E-state index in [1.807, 2.05) is 13.8 Å². The Labute approximate surface area is 208 Å². The number of hydrogen-bond acceptors (Lipinski definition) is 7. The van der Waals surface area contributed by atoms with Crippen molar-refractivity contribution in [1.29, 1.82) is 0 Å². The summed E-state index contributed by atoms with van der Waals surface area (Å²) in [7, 11) is 2.86. The number of hydrogen-bond donors (Lipinski definition) is 2. The molecular weight excluding hydrogens is 469 g/mol. The summed E-state index contributed by atoms with van der Waals surface area (Å²) in [5.74, 6) is -1.17. The van der Waals surface area contributed by atoms with E-state index in [4.69, 9.17) is 9.47 Å². The van der Waals surface area contributed by atoms with Gasteiger partial charge in [-0.3, -0.25) is 9.36 Å². The highest BCUT2D eigenvalue weighted by Gasteiger charge is 2.28. The number of rotatable bonds is 9. The number of halogens is 1. The van der Waals surface area contributed by atoms with Crippen LogP contribution >= 0.6 is 0 Å². The van der Waals surface area contributed by atoms with Crippen LogP contribution in [0.2, 0.25) is 0 Å². The average molecular weight is 502 g/mol. The van der Waals surface area contributed by atoms with Crippen LogP contribution in [0.15, 0.2) is 29.2 Å². The van der Waals surface area contributed by atoms with E-state index >= 15 is 4.39 Å². The lowest BCUT2D eigenvalue weighted by molar-refractivity contribution is 0.0649. The Morgan fingerprint density at radius 2 is 2.03 bits per heavy atom. The first-order chi connectivity index (χ1) is 16.9. The number of methoxy groups -OCH3 is 1. The Morgan fingerprint density at radius 3 is 2.61 bits per heavy atom. The molecule has 0 unspecified atom stereocenters. The number of carbonyl (C=O) groups excluding carboxylic acids is 1. The van der Waals surface area contributed by atoms with Crippen molar-refractivity contribution >= 4 is 11.6 Å². The van der Waals surface area contributed by atoms with E-state index in [0.717, 1.165) is 21.7 Å². The largest absolute Gasteiger partial charge is 0.490 e. The van der Waals surface area contributed by atoms with E-state index in [1.165, 1.54) is 34.1 Å². The maximum Gasteiger partial charge on any atom is 0.350 e. The van der Waals surface area contributed by atoms with Crippen molar-refractivity contribution in [2.75, 3.05) is 12.4 Å². The summed E-state index contributed by atoms with van der Waals surface area (Å²) in [6.07, 6.45) is 2.78. The van der Waals surface area contributed by atoms with E-state index in [9.17, 15) is 14.7 Å². The van der Waals surface area contributed by atoms with Crippen molar-refractivity contribution in [3.8, 4) is 17.3 Å². The third kappa shape index (κ3) is 5.40. The van der Waals surface area contributed by atoms with Crippen LogP contribution in [0.4, 0.5) is 10.1 Å². The second kappa shape index (κ2) is 10.5. The average Bonchev–Trinajstić information content (AvgIpc) is 3.10. The number of carbonyl (C=O) groups is 1. The predicted octanol–water partition coefficient (Wildman–Crippen LogP) is 3.47. The molecule has 0 aliphatic heterocycles. The van der Waals surface area contributed by atoms with Crippen molar-refractivity contribution in [2.45, 2.75) is 59.2 Å². The van der Waals surface area contributed by atoms with Crippen molar-refractivity contribution in [3.63, 3.8) is 0 Å². The normalized spacial score (nSPS) is 12.4. The zero-order valence-electron chi connectivity index (χ0n) is 21.5. The number of ether oxygens (including phenoxy) is 2. The van der Waals surface area contributed by atoms with E-state index < -0.39 is 23.0 Å². The molecule has 2 heterocycles. The molecule has 0 bridgehead atoms. The number of aliphatic hydroxyl groups is 1. The lowest BCUT2D eigenvalue weighted by Crippen LogP contribution is -2.26. The molecule has 1 atom stereocenters. The summed E-state index contributed by atoms with van der Waals surface area (Å²) in [6.45, 7) is 8.55. The van der Waals surface area contributed by atoms with Gasteiger partial charge >= 0.3 is 5.69 Å². The molecule has 1 amide bonds. The van der Waals surface area contributed by atoms with Crippen molar-refractivity contribution in [3.05, 3.63) is 57.6 Å². The first-order valence-electron chi connectivity index (χ1n) is 11.6. The summed E-state index contributed by atoms with van der Waals surface area (Å²) in [6, 6.07) is 3.98. The summed E-state index contributed by atoms with van der Waals surface area (Å²) in [5.41, 5.74) is -1.34. The van der Waals surface area contributed by atoms with Gasteiger partial charge in [-0.1, -0.05) is 13.3 Å². The molecule has 0 aliphatic carbocycles. The number of aryl methyl sites for hydroxylation is 1. The molecule has 36 heavy (non-hydrogen) atoms. The molecule has 0 fully saturated rings. The topological polar surface area (TPSA) is 120 Å². The summed E-state index contributed by atoms with van der Waals surface area (Å²) in [4.78, 5) is 30.2. The number of nitrogens with zero attached hydrogens (tertiary/aromatic N) is 4. The fourth-order valence-electron chi connectivity index (χ4n) is 3.81. The number of anilines is 1. The summed E-state index contributed by atoms with van der Waals surface area (Å²) in [5, 5.41) is 17.2. The number of amides is 1. The Morgan fingerprint density at radius 1 is 1.33 bits per heavy atom. The third-order valence-electron chi connectivity index (χ3n) is 5.63. The van der Waals surface area contributed by atoms with Gasteiger partial charge in [-0.2, -0.15) is 4.68 Å². The molecule has 194 valence electrons. The van der Waals surface area contributed by atoms with Gasteiger partial charge in [0.2, 0.25) is 5.88 Å². The minimum absolute atomic E-state index is 0.0506. The molecular formula is C25H32FN5O5. The molecule has 3 rings (SSSR count). The van der Waals surface area contributed by atoms with Crippen molar-refractivity contribution in [2.24, 2.45) is 7.05 Å². The molecule has 0 aliphatic rings. The van der Waals surface area contributed by atoms with E-state index in [2.05, 4.69) is 15.4 Å².